The number of carboxylic acids is 1. The molecule has 4 heteroatoms. The lowest BCUT2D eigenvalue weighted by molar-refractivity contribution is -0.143. The smallest absolute Gasteiger partial charge is 0.307 e. The van der Waals surface area contributed by atoms with Gasteiger partial charge in [-0.05, 0) is 36.8 Å². The summed E-state index contributed by atoms with van der Waals surface area (Å²) in [5, 5.41) is 9.36. The Hall–Kier alpha value is -1.58. The van der Waals surface area contributed by atoms with Gasteiger partial charge >= 0.3 is 5.97 Å². The summed E-state index contributed by atoms with van der Waals surface area (Å²) in [6, 6.07) is 1.75. The Bertz CT molecular complexity index is 434. The van der Waals surface area contributed by atoms with Crippen molar-refractivity contribution >= 4 is 11.7 Å². The zero-order chi connectivity index (χ0) is 13.1. The molecule has 0 bridgehead atoms. The van der Waals surface area contributed by atoms with Gasteiger partial charge in [0.1, 0.15) is 0 Å². The van der Waals surface area contributed by atoms with E-state index >= 15 is 0 Å². The summed E-state index contributed by atoms with van der Waals surface area (Å²) in [6.07, 6.45) is 7.13. The standard InChI is InChI=1S/C14H20N2O2/c1-2-9-3-4-10(14(17)18)11(7-9)12-8-16-6-5-13(12)15/h5-6,8-11H,2-4,7H2,1H3,(H2,15,16)(H,17,18). The zero-order valence-electron chi connectivity index (χ0n) is 10.7. The number of nitrogens with two attached hydrogens (primary N) is 1. The monoisotopic (exact) mass is 248 g/mol. The number of hydrogen-bond donors (Lipinski definition) is 2. The molecule has 18 heavy (non-hydrogen) atoms. The number of nitrogen functional groups attached to an aromatic ring is 1. The molecule has 98 valence electrons. The van der Waals surface area contributed by atoms with Crippen molar-refractivity contribution in [3.05, 3.63) is 24.0 Å². The van der Waals surface area contributed by atoms with Gasteiger partial charge in [-0.3, -0.25) is 9.78 Å². The Kier molecular flexibility index (Phi) is 3.84. The predicted molar refractivity (Wildman–Crippen MR) is 70.1 cm³/mol. The van der Waals surface area contributed by atoms with Gasteiger partial charge in [-0.15, -0.1) is 0 Å². The molecule has 1 aromatic heterocycles. The molecule has 0 amide bonds. The number of rotatable bonds is 3. The highest BCUT2D eigenvalue weighted by atomic mass is 16.4. The van der Waals surface area contributed by atoms with Crippen molar-refractivity contribution in [1.29, 1.82) is 0 Å². The van der Waals surface area contributed by atoms with E-state index in [1.165, 1.54) is 0 Å². The lowest BCUT2D eigenvalue weighted by Gasteiger charge is -2.34. The van der Waals surface area contributed by atoms with E-state index in [9.17, 15) is 9.90 Å². The number of carboxylic acid groups (broad SMARTS) is 1. The molecule has 0 radical (unpaired) electrons. The van der Waals surface area contributed by atoms with Gasteiger partial charge in [0.05, 0.1) is 5.92 Å². The summed E-state index contributed by atoms with van der Waals surface area (Å²) in [7, 11) is 0. The maximum Gasteiger partial charge on any atom is 0.307 e. The van der Waals surface area contributed by atoms with E-state index in [0.717, 1.165) is 31.2 Å². The molecule has 1 heterocycles. The minimum atomic E-state index is -0.710. The molecule has 0 saturated heterocycles. The van der Waals surface area contributed by atoms with Gasteiger partial charge in [-0.1, -0.05) is 13.3 Å². The van der Waals surface area contributed by atoms with Gasteiger partial charge in [-0.2, -0.15) is 0 Å². The Morgan fingerprint density at radius 2 is 2.33 bits per heavy atom. The van der Waals surface area contributed by atoms with Crippen molar-refractivity contribution in [3.8, 4) is 0 Å². The first kappa shape index (κ1) is 12.9. The number of carbonyl (C=O) groups is 1. The Morgan fingerprint density at radius 3 is 2.94 bits per heavy atom. The van der Waals surface area contributed by atoms with Gasteiger partial charge in [0.15, 0.2) is 0 Å². The molecule has 0 aliphatic heterocycles. The second kappa shape index (κ2) is 5.38. The summed E-state index contributed by atoms with van der Waals surface area (Å²) in [4.78, 5) is 15.5. The lowest BCUT2D eigenvalue weighted by atomic mass is 9.70. The molecule has 1 aliphatic rings. The zero-order valence-corrected chi connectivity index (χ0v) is 10.7. The van der Waals surface area contributed by atoms with Crippen LogP contribution in [0.3, 0.4) is 0 Å². The van der Waals surface area contributed by atoms with Crippen LogP contribution in [0, 0.1) is 11.8 Å². The van der Waals surface area contributed by atoms with E-state index in [1.54, 1.807) is 18.5 Å². The van der Waals surface area contributed by atoms with E-state index in [4.69, 9.17) is 5.73 Å². The van der Waals surface area contributed by atoms with Crippen molar-refractivity contribution in [2.45, 2.75) is 38.5 Å². The van der Waals surface area contributed by atoms with Gasteiger partial charge in [0.25, 0.3) is 0 Å². The van der Waals surface area contributed by atoms with E-state index < -0.39 is 5.97 Å². The van der Waals surface area contributed by atoms with Gasteiger partial charge < -0.3 is 10.8 Å². The fourth-order valence-electron chi connectivity index (χ4n) is 3.00. The third kappa shape index (κ3) is 2.47. The van der Waals surface area contributed by atoms with Crippen molar-refractivity contribution < 1.29 is 9.90 Å². The largest absolute Gasteiger partial charge is 0.481 e. The third-order valence-electron chi connectivity index (χ3n) is 4.14. The van der Waals surface area contributed by atoms with Crippen LogP contribution in [0.15, 0.2) is 18.5 Å². The maximum absolute atomic E-state index is 11.4. The number of hydrogen-bond acceptors (Lipinski definition) is 3. The molecule has 0 aromatic carbocycles. The summed E-state index contributed by atoms with van der Waals surface area (Å²) in [5.41, 5.74) is 7.54. The molecular formula is C14H20N2O2. The molecule has 3 unspecified atom stereocenters. The third-order valence-corrected chi connectivity index (χ3v) is 4.14. The molecule has 0 spiro atoms. The van der Waals surface area contributed by atoms with Gasteiger partial charge in [0.2, 0.25) is 0 Å². The minimum absolute atomic E-state index is 0.00917. The topological polar surface area (TPSA) is 76.2 Å². The summed E-state index contributed by atoms with van der Waals surface area (Å²) in [5.74, 6) is -0.419. The fraction of sp³-hybridized carbons (Fsp3) is 0.571. The molecule has 2 rings (SSSR count). The van der Waals surface area contributed by atoms with Gasteiger partial charge in [-0.25, -0.2) is 0 Å². The minimum Gasteiger partial charge on any atom is -0.481 e. The molecule has 1 aromatic rings. The van der Waals surface area contributed by atoms with Crippen LogP contribution in [0.2, 0.25) is 0 Å². The van der Waals surface area contributed by atoms with Crippen LogP contribution in [0.25, 0.3) is 0 Å². The second-order valence-corrected chi connectivity index (χ2v) is 5.14. The van der Waals surface area contributed by atoms with Crippen LogP contribution in [0.1, 0.15) is 44.1 Å². The van der Waals surface area contributed by atoms with E-state index in [1.807, 2.05) is 0 Å². The first-order valence-corrected chi connectivity index (χ1v) is 6.55. The van der Waals surface area contributed by atoms with Crippen LogP contribution in [-0.2, 0) is 4.79 Å². The van der Waals surface area contributed by atoms with Crippen LogP contribution in [0.5, 0.6) is 0 Å². The highest BCUT2D eigenvalue weighted by Crippen LogP contribution is 2.43. The van der Waals surface area contributed by atoms with Crippen molar-refractivity contribution in [3.63, 3.8) is 0 Å². The fourth-order valence-corrected chi connectivity index (χ4v) is 3.00. The second-order valence-electron chi connectivity index (χ2n) is 5.14. The maximum atomic E-state index is 11.4. The molecule has 1 saturated carbocycles. The van der Waals surface area contributed by atoms with Crippen LogP contribution in [0.4, 0.5) is 5.69 Å². The Labute approximate surface area is 107 Å². The SMILES string of the molecule is CCC1CCC(C(=O)O)C(c2cnccc2N)C1. The average molecular weight is 248 g/mol. The summed E-state index contributed by atoms with van der Waals surface area (Å²) in [6.45, 7) is 2.16. The lowest BCUT2D eigenvalue weighted by Crippen LogP contribution is -2.29. The number of aromatic nitrogens is 1. The summed E-state index contributed by atoms with van der Waals surface area (Å²) >= 11 is 0. The van der Waals surface area contributed by atoms with Crippen molar-refractivity contribution in [2.24, 2.45) is 11.8 Å². The van der Waals surface area contributed by atoms with E-state index in [-0.39, 0.29) is 11.8 Å². The normalized spacial score (nSPS) is 27.9. The number of anilines is 1. The van der Waals surface area contributed by atoms with Crippen LogP contribution in [-0.4, -0.2) is 16.1 Å². The average Bonchev–Trinajstić information content (AvgIpc) is 2.38. The molecule has 4 nitrogen and oxygen atoms in total. The first-order valence-electron chi connectivity index (χ1n) is 6.55. The molecular weight excluding hydrogens is 228 g/mol. The van der Waals surface area contributed by atoms with Gasteiger partial charge in [0, 0.05) is 24.0 Å². The van der Waals surface area contributed by atoms with E-state index in [2.05, 4.69) is 11.9 Å². The van der Waals surface area contributed by atoms with Crippen LogP contribution >= 0.6 is 0 Å². The quantitative estimate of drug-likeness (QED) is 0.862. The Balaban J connectivity index is 2.30. The van der Waals surface area contributed by atoms with Crippen LogP contribution < -0.4 is 5.73 Å². The molecule has 1 aliphatic carbocycles. The summed E-state index contributed by atoms with van der Waals surface area (Å²) < 4.78 is 0. The highest BCUT2D eigenvalue weighted by Gasteiger charge is 2.36. The predicted octanol–water partition coefficient (Wildman–Crippen LogP) is 2.66. The Morgan fingerprint density at radius 1 is 1.56 bits per heavy atom. The van der Waals surface area contributed by atoms with Crippen molar-refractivity contribution in [2.75, 3.05) is 5.73 Å². The van der Waals surface area contributed by atoms with E-state index in [0.29, 0.717) is 11.6 Å². The number of pyridine rings is 1. The molecule has 1 fully saturated rings. The highest BCUT2D eigenvalue weighted by molar-refractivity contribution is 5.72. The van der Waals surface area contributed by atoms with Crippen molar-refractivity contribution in [1.82, 2.24) is 4.98 Å². The number of aliphatic carboxylic acids is 1. The first-order chi connectivity index (χ1) is 8.63. The number of nitrogens with zero attached hydrogens (tertiary/aromatic N) is 1. The molecule has 3 N–H and O–H groups in total. The molecule has 3 atom stereocenters.